The lowest BCUT2D eigenvalue weighted by atomic mass is 10.2. The molecule has 2 N–H and O–H groups in total. The van der Waals surface area contributed by atoms with Gasteiger partial charge in [-0.1, -0.05) is 6.58 Å². The summed E-state index contributed by atoms with van der Waals surface area (Å²) >= 11 is 1.78. The number of carbonyl (C=O) groups excluding carboxylic acids is 1. The van der Waals surface area contributed by atoms with E-state index in [1.807, 2.05) is 0 Å². The van der Waals surface area contributed by atoms with E-state index in [0.29, 0.717) is 11.4 Å². The van der Waals surface area contributed by atoms with Crippen LogP contribution in [0.3, 0.4) is 0 Å². The molecule has 0 radical (unpaired) electrons. The van der Waals surface area contributed by atoms with Gasteiger partial charge in [0.1, 0.15) is 5.69 Å². The average Bonchev–Trinajstić information content (AvgIpc) is 2.59. The molecule has 0 unspecified atom stereocenters. The lowest BCUT2D eigenvalue weighted by Gasteiger charge is -2.02. The van der Waals surface area contributed by atoms with E-state index in [1.165, 1.54) is 0 Å². The Bertz CT molecular complexity index is 397. The van der Waals surface area contributed by atoms with Gasteiger partial charge in [-0.15, -0.1) is 0 Å². The third kappa shape index (κ3) is 1.55. The molecule has 0 aromatic carbocycles. The third-order valence-corrected chi connectivity index (χ3v) is 2.96. The molecule has 1 aromatic heterocycles. The van der Waals surface area contributed by atoms with Crippen LogP contribution in [0.1, 0.15) is 28.7 Å². The first-order chi connectivity index (χ1) is 6.68. The fraction of sp³-hybridized carbons (Fsp3) is 0.333. The van der Waals surface area contributed by atoms with E-state index in [-0.39, 0.29) is 5.91 Å². The molecule has 0 fully saturated rings. The zero-order valence-corrected chi connectivity index (χ0v) is 8.70. The first-order valence-corrected chi connectivity index (χ1v) is 5.44. The van der Waals surface area contributed by atoms with Crippen molar-refractivity contribution >= 4 is 17.7 Å². The number of hydrogen-bond donors (Lipinski definition) is 2. The van der Waals surface area contributed by atoms with E-state index in [2.05, 4.69) is 22.1 Å². The van der Waals surface area contributed by atoms with Gasteiger partial charge in [0, 0.05) is 22.8 Å². The smallest absolute Gasteiger partial charge is 0.273 e. The summed E-state index contributed by atoms with van der Waals surface area (Å²) in [6, 6.07) is 0. The number of allylic oxidation sites excluding steroid dienone is 1. The summed E-state index contributed by atoms with van der Waals surface area (Å²) in [5, 5.41) is 9.51. The van der Waals surface area contributed by atoms with Crippen LogP contribution in [-0.2, 0) is 11.5 Å². The lowest BCUT2D eigenvalue weighted by molar-refractivity contribution is 0.0960. The average molecular weight is 209 g/mol. The Morgan fingerprint density at radius 2 is 2.43 bits per heavy atom. The Morgan fingerprint density at radius 1 is 1.64 bits per heavy atom. The summed E-state index contributed by atoms with van der Waals surface area (Å²) in [4.78, 5) is 11.6. The molecule has 0 saturated heterocycles. The maximum Gasteiger partial charge on any atom is 0.273 e. The molecule has 1 aromatic rings. The van der Waals surface area contributed by atoms with Gasteiger partial charge in [0.25, 0.3) is 5.91 Å². The second-order valence-electron chi connectivity index (χ2n) is 3.25. The predicted octanol–water partition coefficient (Wildman–Crippen LogP) is 1.42. The molecule has 74 valence electrons. The van der Waals surface area contributed by atoms with Crippen LogP contribution in [0.25, 0.3) is 0 Å². The summed E-state index contributed by atoms with van der Waals surface area (Å²) < 4.78 is 0. The van der Waals surface area contributed by atoms with E-state index in [9.17, 15) is 4.79 Å². The monoisotopic (exact) mass is 209 g/mol. The Hall–Kier alpha value is -1.23. The minimum atomic E-state index is -0.145. The molecule has 0 aliphatic carbocycles. The van der Waals surface area contributed by atoms with Crippen LogP contribution in [0, 0.1) is 0 Å². The number of carbonyl (C=O) groups is 1. The van der Waals surface area contributed by atoms with E-state index < -0.39 is 0 Å². The number of aromatic nitrogens is 2. The molecule has 0 saturated carbocycles. The number of fused-ring (bicyclic) bond motifs is 1. The topological polar surface area (TPSA) is 57.8 Å². The maximum absolute atomic E-state index is 11.6. The molecule has 1 amide bonds. The van der Waals surface area contributed by atoms with Crippen molar-refractivity contribution in [2.24, 2.45) is 0 Å². The molecule has 0 atom stereocenters. The van der Waals surface area contributed by atoms with Gasteiger partial charge in [-0.3, -0.25) is 9.89 Å². The fourth-order valence-corrected chi connectivity index (χ4v) is 2.42. The number of hydrogen-bond acceptors (Lipinski definition) is 3. The summed E-state index contributed by atoms with van der Waals surface area (Å²) in [5.41, 5.74) is 3.26. The van der Waals surface area contributed by atoms with Crippen LogP contribution in [0.15, 0.2) is 12.3 Å². The van der Waals surface area contributed by atoms with Crippen molar-refractivity contribution in [1.82, 2.24) is 15.5 Å². The molecule has 0 spiro atoms. The van der Waals surface area contributed by atoms with E-state index in [0.717, 1.165) is 22.8 Å². The normalized spacial score (nSPS) is 13.8. The van der Waals surface area contributed by atoms with Crippen LogP contribution >= 0.6 is 11.8 Å². The number of rotatable bonds is 2. The summed E-state index contributed by atoms with van der Waals surface area (Å²) in [5.74, 6) is 1.62. The van der Waals surface area contributed by atoms with Crippen molar-refractivity contribution in [2.45, 2.75) is 18.4 Å². The molecule has 4 nitrogen and oxygen atoms in total. The highest BCUT2D eigenvalue weighted by atomic mass is 32.2. The Kier molecular flexibility index (Phi) is 2.33. The second kappa shape index (κ2) is 3.49. The predicted molar refractivity (Wildman–Crippen MR) is 55.9 cm³/mol. The first kappa shape index (κ1) is 9.33. The maximum atomic E-state index is 11.6. The van der Waals surface area contributed by atoms with E-state index in [4.69, 9.17) is 0 Å². The number of nitrogens with zero attached hydrogens (tertiary/aromatic N) is 1. The summed E-state index contributed by atoms with van der Waals surface area (Å²) in [7, 11) is 0. The SMILES string of the molecule is C=C(C)NC(=O)c1[nH]nc2c1CSC2. The minimum absolute atomic E-state index is 0.145. The van der Waals surface area contributed by atoms with Gasteiger partial charge in [-0.2, -0.15) is 16.9 Å². The first-order valence-electron chi connectivity index (χ1n) is 4.29. The van der Waals surface area contributed by atoms with E-state index in [1.54, 1.807) is 18.7 Å². The van der Waals surface area contributed by atoms with Crippen LogP contribution in [-0.4, -0.2) is 16.1 Å². The fourth-order valence-electron chi connectivity index (χ4n) is 1.37. The molecule has 1 aliphatic rings. The minimum Gasteiger partial charge on any atom is -0.325 e. The standard InChI is InChI=1S/C9H11N3OS/c1-5(2)10-9(13)8-6-3-14-4-7(6)11-12-8/h1,3-4H2,2H3,(H,10,13)(H,11,12). The van der Waals surface area contributed by atoms with Crippen LogP contribution in [0.2, 0.25) is 0 Å². The van der Waals surface area contributed by atoms with Gasteiger partial charge in [0.15, 0.2) is 0 Å². The number of amides is 1. The van der Waals surface area contributed by atoms with Crippen LogP contribution in [0.4, 0.5) is 0 Å². The van der Waals surface area contributed by atoms with Crippen molar-refractivity contribution in [2.75, 3.05) is 0 Å². The molecular formula is C9H11N3OS. The molecule has 1 aliphatic heterocycles. The van der Waals surface area contributed by atoms with Crippen molar-refractivity contribution in [3.8, 4) is 0 Å². The van der Waals surface area contributed by atoms with Gasteiger partial charge in [0.2, 0.25) is 0 Å². The Balaban J connectivity index is 2.24. The second-order valence-corrected chi connectivity index (χ2v) is 4.24. The van der Waals surface area contributed by atoms with Crippen LogP contribution < -0.4 is 5.32 Å². The van der Waals surface area contributed by atoms with Gasteiger partial charge >= 0.3 is 0 Å². The summed E-state index contributed by atoms with van der Waals surface area (Å²) in [6.45, 7) is 5.38. The van der Waals surface area contributed by atoms with Gasteiger partial charge in [-0.05, 0) is 6.92 Å². The largest absolute Gasteiger partial charge is 0.325 e. The van der Waals surface area contributed by atoms with Gasteiger partial charge in [0.05, 0.1) is 5.69 Å². The van der Waals surface area contributed by atoms with Crippen molar-refractivity contribution in [1.29, 1.82) is 0 Å². The summed E-state index contributed by atoms with van der Waals surface area (Å²) in [6.07, 6.45) is 0. The van der Waals surface area contributed by atoms with E-state index >= 15 is 0 Å². The Morgan fingerprint density at radius 3 is 3.14 bits per heavy atom. The zero-order chi connectivity index (χ0) is 10.1. The number of H-pyrrole nitrogens is 1. The number of aromatic amines is 1. The van der Waals surface area contributed by atoms with Crippen molar-refractivity contribution in [3.63, 3.8) is 0 Å². The van der Waals surface area contributed by atoms with Gasteiger partial charge in [-0.25, -0.2) is 0 Å². The lowest BCUT2D eigenvalue weighted by Crippen LogP contribution is -2.22. The molecular weight excluding hydrogens is 198 g/mol. The Labute approximate surface area is 86.2 Å². The van der Waals surface area contributed by atoms with Crippen LogP contribution in [0.5, 0.6) is 0 Å². The van der Waals surface area contributed by atoms with Crippen molar-refractivity contribution in [3.05, 3.63) is 29.2 Å². The van der Waals surface area contributed by atoms with Gasteiger partial charge < -0.3 is 5.32 Å². The molecule has 14 heavy (non-hydrogen) atoms. The zero-order valence-electron chi connectivity index (χ0n) is 7.89. The molecule has 5 heteroatoms. The molecule has 2 rings (SSSR count). The third-order valence-electron chi connectivity index (χ3n) is 1.99. The quantitative estimate of drug-likeness (QED) is 0.774. The highest BCUT2D eigenvalue weighted by Crippen LogP contribution is 2.30. The highest BCUT2D eigenvalue weighted by Gasteiger charge is 2.22. The number of nitrogens with one attached hydrogen (secondary N) is 2. The highest BCUT2D eigenvalue weighted by molar-refractivity contribution is 7.98. The molecule has 2 heterocycles. The number of thioether (sulfide) groups is 1. The van der Waals surface area contributed by atoms with Crippen molar-refractivity contribution < 1.29 is 4.79 Å². The molecule has 0 bridgehead atoms.